The van der Waals surface area contributed by atoms with Crippen LogP contribution >= 0.6 is 0 Å². The standard InChI is InChI=1S/C57H40N4O/c1-5-15-39(16-6-1)42-25-29-45(30-26-42)55-58-56(46-31-27-43(28-32-46)40-17-7-2-8-18-40)60-57(59-55)50-37-38-51(53-49-23-13-14-24-52(49)62-54(50)53)61(47-21-11-4-12-22-47)48-35-33-44(34-36-48)41-19-9-3-10-20-41/h1-38,55H,(H,58,59,60). The van der Waals surface area contributed by atoms with E-state index in [-0.39, 0.29) is 0 Å². The quantitative estimate of drug-likeness (QED) is 0.158. The molecular weight excluding hydrogens is 757 g/mol. The predicted molar refractivity (Wildman–Crippen MR) is 257 cm³/mol. The molecule has 0 radical (unpaired) electrons. The zero-order valence-corrected chi connectivity index (χ0v) is 33.8. The van der Waals surface area contributed by atoms with Crippen molar-refractivity contribution in [2.24, 2.45) is 9.98 Å². The van der Waals surface area contributed by atoms with Crippen LogP contribution < -0.4 is 10.2 Å². The van der Waals surface area contributed by atoms with Gasteiger partial charge in [-0.3, -0.25) is 0 Å². The van der Waals surface area contributed by atoms with Crippen LogP contribution in [0.1, 0.15) is 22.9 Å². The summed E-state index contributed by atoms with van der Waals surface area (Å²) in [6.45, 7) is 0. The number of benzene rings is 9. The second kappa shape index (κ2) is 16.1. The number of aliphatic imine (C=N–C) groups is 2. The van der Waals surface area contributed by atoms with E-state index in [4.69, 9.17) is 14.4 Å². The molecule has 1 unspecified atom stereocenters. The van der Waals surface area contributed by atoms with E-state index < -0.39 is 6.17 Å². The fourth-order valence-corrected chi connectivity index (χ4v) is 8.44. The molecule has 0 amide bonds. The first-order chi connectivity index (χ1) is 30.7. The van der Waals surface area contributed by atoms with E-state index in [0.717, 1.165) is 77.9 Å². The SMILES string of the molecule is c1ccc(-c2ccc(C3=NC(c4ccc(-c5ccccc5)cc4)NC(c4ccc(N(c5ccccc5)c5ccc(-c6ccccc6)cc5)c5c4oc4ccccc45)=N3)cc2)cc1. The normalized spacial score (nSPS) is 13.6. The molecule has 2 heterocycles. The minimum absolute atomic E-state index is 0.404. The lowest BCUT2D eigenvalue weighted by Crippen LogP contribution is -2.33. The first kappa shape index (κ1) is 36.8. The van der Waals surface area contributed by atoms with Gasteiger partial charge in [-0.15, -0.1) is 0 Å². The Kier molecular flexibility index (Phi) is 9.52. The van der Waals surface area contributed by atoms with Gasteiger partial charge in [-0.1, -0.05) is 188 Å². The maximum atomic E-state index is 6.90. The zero-order valence-electron chi connectivity index (χ0n) is 33.8. The highest BCUT2D eigenvalue weighted by Crippen LogP contribution is 2.44. The number of nitrogens with one attached hydrogen (secondary N) is 1. The molecule has 0 saturated heterocycles. The molecule has 62 heavy (non-hydrogen) atoms. The van der Waals surface area contributed by atoms with Crippen LogP contribution in [0.2, 0.25) is 0 Å². The highest BCUT2D eigenvalue weighted by molar-refractivity contribution is 6.22. The molecule has 9 aromatic carbocycles. The molecule has 1 atom stereocenters. The Morgan fingerprint density at radius 3 is 1.48 bits per heavy atom. The fourth-order valence-electron chi connectivity index (χ4n) is 8.44. The number of fused-ring (bicyclic) bond motifs is 3. The van der Waals surface area contributed by atoms with Crippen molar-refractivity contribution >= 4 is 50.7 Å². The van der Waals surface area contributed by atoms with E-state index in [9.17, 15) is 0 Å². The van der Waals surface area contributed by atoms with E-state index in [0.29, 0.717) is 11.7 Å². The molecule has 5 nitrogen and oxygen atoms in total. The number of amidine groups is 2. The maximum absolute atomic E-state index is 6.90. The van der Waals surface area contributed by atoms with Crippen LogP contribution in [0, 0.1) is 0 Å². The Hall–Kier alpha value is -8.28. The van der Waals surface area contributed by atoms with Gasteiger partial charge in [0.05, 0.1) is 16.6 Å². The first-order valence-corrected chi connectivity index (χ1v) is 20.9. The minimum atomic E-state index is -0.404. The third-order valence-electron chi connectivity index (χ3n) is 11.6. The molecule has 10 aromatic rings. The molecule has 0 fully saturated rings. The monoisotopic (exact) mass is 796 g/mol. The Labute approximate surface area is 360 Å². The number of hydrogen-bond donors (Lipinski definition) is 1. The molecule has 0 bridgehead atoms. The van der Waals surface area contributed by atoms with Gasteiger partial charge in [-0.25, -0.2) is 9.98 Å². The van der Waals surface area contributed by atoms with Crippen molar-refractivity contribution in [3.05, 3.63) is 247 Å². The van der Waals surface area contributed by atoms with Crippen molar-refractivity contribution in [1.29, 1.82) is 0 Å². The summed E-state index contributed by atoms with van der Waals surface area (Å²) in [5.41, 5.74) is 14.4. The molecule has 1 N–H and O–H groups in total. The Morgan fingerprint density at radius 2 is 0.887 bits per heavy atom. The lowest BCUT2D eigenvalue weighted by atomic mass is 10.0. The van der Waals surface area contributed by atoms with E-state index in [1.165, 1.54) is 11.1 Å². The molecule has 1 aliphatic heterocycles. The van der Waals surface area contributed by atoms with Crippen molar-refractivity contribution in [3.63, 3.8) is 0 Å². The molecule has 0 spiro atoms. The van der Waals surface area contributed by atoms with Gasteiger partial charge >= 0.3 is 0 Å². The van der Waals surface area contributed by atoms with Crippen molar-refractivity contribution in [2.45, 2.75) is 6.17 Å². The second-order valence-electron chi connectivity index (χ2n) is 15.4. The van der Waals surface area contributed by atoms with Crippen LogP contribution in [0.25, 0.3) is 55.3 Å². The summed E-state index contributed by atoms with van der Waals surface area (Å²) in [4.78, 5) is 12.9. The summed E-state index contributed by atoms with van der Waals surface area (Å²) in [6, 6.07) is 80.5. The van der Waals surface area contributed by atoms with Gasteiger partial charge in [0.2, 0.25) is 0 Å². The molecule has 0 saturated carbocycles. The molecule has 5 heteroatoms. The highest BCUT2D eigenvalue weighted by Gasteiger charge is 2.27. The van der Waals surface area contributed by atoms with Crippen molar-refractivity contribution < 1.29 is 4.42 Å². The van der Waals surface area contributed by atoms with E-state index in [1.807, 2.05) is 30.3 Å². The number of para-hydroxylation sites is 2. The third-order valence-corrected chi connectivity index (χ3v) is 11.6. The highest BCUT2D eigenvalue weighted by atomic mass is 16.3. The van der Waals surface area contributed by atoms with Gasteiger partial charge < -0.3 is 14.6 Å². The summed E-state index contributed by atoms with van der Waals surface area (Å²) < 4.78 is 6.90. The first-order valence-electron chi connectivity index (χ1n) is 20.9. The van der Waals surface area contributed by atoms with Crippen molar-refractivity contribution in [3.8, 4) is 33.4 Å². The molecule has 1 aliphatic rings. The Bertz CT molecular complexity index is 3210. The van der Waals surface area contributed by atoms with Gasteiger partial charge in [-0.2, -0.15) is 0 Å². The number of anilines is 3. The summed E-state index contributed by atoms with van der Waals surface area (Å²) in [6.07, 6.45) is -0.404. The minimum Gasteiger partial charge on any atom is -0.455 e. The lowest BCUT2D eigenvalue weighted by Gasteiger charge is -2.27. The van der Waals surface area contributed by atoms with Gasteiger partial charge in [0.25, 0.3) is 0 Å². The van der Waals surface area contributed by atoms with Gasteiger partial charge in [0.1, 0.15) is 23.2 Å². The van der Waals surface area contributed by atoms with Crippen LogP contribution in [0.4, 0.5) is 17.1 Å². The van der Waals surface area contributed by atoms with Crippen LogP contribution in [-0.4, -0.2) is 11.7 Å². The number of hydrogen-bond acceptors (Lipinski definition) is 5. The maximum Gasteiger partial charge on any atom is 0.159 e. The largest absolute Gasteiger partial charge is 0.455 e. The lowest BCUT2D eigenvalue weighted by molar-refractivity contribution is 0.659. The van der Waals surface area contributed by atoms with Crippen LogP contribution in [0.3, 0.4) is 0 Å². The molecule has 11 rings (SSSR count). The smallest absolute Gasteiger partial charge is 0.159 e. The molecule has 0 aliphatic carbocycles. The third kappa shape index (κ3) is 7.01. The van der Waals surface area contributed by atoms with E-state index >= 15 is 0 Å². The molecule has 294 valence electrons. The predicted octanol–water partition coefficient (Wildman–Crippen LogP) is 14.6. The van der Waals surface area contributed by atoms with Crippen molar-refractivity contribution in [2.75, 3.05) is 4.90 Å². The number of furan rings is 1. The second-order valence-corrected chi connectivity index (χ2v) is 15.4. The van der Waals surface area contributed by atoms with E-state index in [2.05, 4.69) is 210 Å². The Morgan fingerprint density at radius 1 is 0.419 bits per heavy atom. The zero-order chi connectivity index (χ0) is 41.2. The van der Waals surface area contributed by atoms with Crippen LogP contribution in [0.5, 0.6) is 0 Å². The van der Waals surface area contributed by atoms with Crippen molar-refractivity contribution in [1.82, 2.24) is 5.32 Å². The molecular formula is C57H40N4O. The topological polar surface area (TPSA) is 53.1 Å². The summed E-state index contributed by atoms with van der Waals surface area (Å²) in [5, 5.41) is 5.76. The van der Waals surface area contributed by atoms with E-state index in [1.54, 1.807) is 0 Å². The van der Waals surface area contributed by atoms with Gasteiger partial charge in [-0.05, 0) is 81.4 Å². The average Bonchev–Trinajstić information content (AvgIpc) is 3.76. The average molecular weight is 797 g/mol. The van der Waals surface area contributed by atoms with Crippen LogP contribution in [0.15, 0.2) is 245 Å². The Balaban J connectivity index is 1.05. The number of rotatable bonds is 9. The molecule has 1 aromatic heterocycles. The van der Waals surface area contributed by atoms with Gasteiger partial charge in [0.15, 0.2) is 5.84 Å². The summed E-state index contributed by atoms with van der Waals surface area (Å²) >= 11 is 0. The van der Waals surface area contributed by atoms with Gasteiger partial charge in [0, 0.05) is 22.3 Å². The fraction of sp³-hybridized carbons (Fsp3) is 0.0175. The summed E-state index contributed by atoms with van der Waals surface area (Å²) in [7, 11) is 0. The van der Waals surface area contributed by atoms with Crippen LogP contribution in [-0.2, 0) is 0 Å². The summed E-state index contributed by atoms with van der Waals surface area (Å²) in [5.74, 6) is 1.33. The number of nitrogens with zero attached hydrogens (tertiary/aromatic N) is 3.